The van der Waals surface area contributed by atoms with Gasteiger partial charge in [-0.25, -0.2) is 0 Å². The highest BCUT2D eigenvalue weighted by Gasteiger charge is 2.58. The van der Waals surface area contributed by atoms with Gasteiger partial charge in [0.1, 0.15) is 0 Å². The van der Waals surface area contributed by atoms with E-state index < -0.39 is 0 Å². The molecule has 8 aliphatic rings. The van der Waals surface area contributed by atoms with Crippen molar-refractivity contribution < 1.29 is 0 Å². The molecule has 0 aromatic heterocycles. The van der Waals surface area contributed by atoms with E-state index in [0.717, 1.165) is 56.1 Å². The van der Waals surface area contributed by atoms with Crippen molar-refractivity contribution in [3.8, 4) is 11.1 Å². The van der Waals surface area contributed by atoms with Gasteiger partial charge in [0, 0.05) is 11.8 Å². The lowest BCUT2D eigenvalue weighted by atomic mass is 9.55. The molecule has 3 aromatic carbocycles. The van der Waals surface area contributed by atoms with Gasteiger partial charge in [0.15, 0.2) is 0 Å². The Labute approximate surface area is 482 Å². The van der Waals surface area contributed by atoms with Crippen LogP contribution in [0, 0.1) is 17.8 Å². The molecule has 0 nitrogen and oxygen atoms in total. The van der Waals surface area contributed by atoms with Crippen LogP contribution in [0.2, 0.25) is 0 Å². The average Bonchev–Trinajstić information content (AvgIpc) is 3.15. The first-order chi connectivity index (χ1) is 38.7. The van der Waals surface area contributed by atoms with Crippen molar-refractivity contribution in [2.45, 2.75) is 160 Å². The highest BCUT2D eigenvalue weighted by atomic mass is 14.6. The summed E-state index contributed by atoms with van der Waals surface area (Å²) in [6.07, 6.45) is 51.7. The van der Waals surface area contributed by atoms with Crippen molar-refractivity contribution in [3.63, 3.8) is 0 Å². The molecular formula is C79H98. The number of rotatable bonds is 9. The Morgan fingerprint density at radius 1 is 0.646 bits per heavy atom. The standard InChI is InChI=1S/C42H38.C21H22.C8H14.4C2H6/c1-5-12-31-32-24-23-29(28-21-19-27(20-22-28)26(3)4)25-39(32)42(36(31)6-2)37-17-10-9-15-35(37)40-33-14-8-7-13-30(33)34-16-11-18-38(42)41(34)40;1-16(2)20-9-6-10-21(15-20)19-13-11-18(12-14-19)17-7-4-3-5-8-17;1-4-7-8(5-2)6-3;4*1-2/h5-8,10,12-14,16-17,19-25,30,33,40H,2-3,9,11,15,18H2,1,4H3;3-4,6-7,9-11,13,15H,1,5,8,12,14H2,2H3;4-5,7H,6H2,1-3H3;4*1-2H3/b12-5-;;7-4-,8-5-;;;;. The Balaban J connectivity index is 0.000000259. The molecule has 3 aromatic rings. The zero-order valence-electron chi connectivity index (χ0n) is 51.5. The van der Waals surface area contributed by atoms with Crippen LogP contribution in [0.5, 0.6) is 0 Å². The molecular weight excluding hydrogens is 949 g/mol. The van der Waals surface area contributed by atoms with Crippen LogP contribution in [-0.4, -0.2) is 0 Å². The minimum absolute atomic E-state index is 0.294. The van der Waals surface area contributed by atoms with Crippen molar-refractivity contribution in [1.82, 2.24) is 0 Å². The first kappa shape index (κ1) is 63.1. The van der Waals surface area contributed by atoms with Crippen LogP contribution < -0.4 is 0 Å². The minimum Gasteiger partial charge on any atom is -0.0987 e. The number of hydrogen-bond donors (Lipinski definition) is 0. The quantitative estimate of drug-likeness (QED) is 0.187. The zero-order chi connectivity index (χ0) is 57.6. The number of hydrogen-bond acceptors (Lipinski definition) is 0. The summed E-state index contributed by atoms with van der Waals surface area (Å²) >= 11 is 0. The maximum absolute atomic E-state index is 4.51. The molecule has 0 heteroatoms. The monoisotopic (exact) mass is 1050 g/mol. The van der Waals surface area contributed by atoms with Gasteiger partial charge in [0.2, 0.25) is 0 Å². The molecule has 4 unspecified atom stereocenters. The van der Waals surface area contributed by atoms with Crippen LogP contribution in [0.4, 0.5) is 0 Å². The molecule has 0 amide bonds. The largest absolute Gasteiger partial charge is 0.0987 e. The molecule has 8 aliphatic carbocycles. The predicted molar refractivity (Wildman–Crippen MR) is 356 cm³/mol. The van der Waals surface area contributed by atoms with Gasteiger partial charge in [-0.3, -0.25) is 0 Å². The molecule has 1 saturated carbocycles. The summed E-state index contributed by atoms with van der Waals surface area (Å²) in [6, 6.07) is 24.9. The highest BCUT2D eigenvalue weighted by Crippen LogP contribution is 2.68. The van der Waals surface area contributed by atoms with Gasteiger partial charge < -0.3 is 0 Å². The van der Waals surface area contributed by atoms with Crippen LogP contribution in [0.1, 0.15) is 183 Å². The molecule has 414 valence electrons. The summed E-state index contributed by atoms with van der Waals surface area (Å²) in [5.41, 5.74) is 27.7. The van der Waals surface area contributed by atoms with Gasteiger partial charge in [-0.05, 0) is 200 Å². The summed E-state index contributed by atoms with van der Waals surface area (Å²) in [7, 11) is 0. The van der Waals surface area contributed by atoms with Gasteiger partial charge in [-0.15, -0.1) is 0 Å². The van der Waals surface area contributed by atoms with E-state index in [2.05, 4.69) is 230 Å². The third-order valence-electron chi connectivity index (χ3n) is 16.2. The summed E-state index contributed by atoms with van der Waals surface area (Å²) in [4.78, 5) is 0. The Bertz CT molecular complexity index is 3090. The molecule has 0 N–H and O–H groups in total. The van der Waals surface area contributed by atoms with E-state index in [4.69, 9.17) is 0 Å². The van der Waals surface area contributed by atoms with E-state index in [0.29, 0.717) is 17.8 Å². The molecule has 0 radical (unpaired) electrons. The van der Waals surface area contributed by atoms with E-state index in [9.17, 15) is 0 Å². The second-order valence-electron chi connectivity index (χ2n) is 20.3. The van der Waals surface area contributed by atoms with Crippen LogP contribution >= 0.6 is 0 Å². The van der Waals surface area contributed by atoms with Crippen molar-refractivity contribution >= 4 is 22.3 Å². The Kier molecular flexibility index (Phi) is 24.9. The fourth-order valence-corrected chi connectivity index (χ4v) is 12.8. The number of fused-ring (bicyclic) bond motifs is 8. The Hall–Kier alpha value is -6.76. The lowest BCUT2D eigenvalue weighted by Gasteiger charge is -2.47. The van der Waals surface area contributed by atoms with Gasteiger partial charge in [0.25, 0.3) is 0 Å². The van der Waals surface area contributed by atoms with E-state index in [1.165, 1.54) is 90.8 Å². The smallest absolute Gasteiger partial charge is 0.0679 e. The fourth-order valence-electron chi connectivity index (χ4n) is 12.8. The fraction of sp³-hybridized carbons (Fsp3) is 0.342. The third-order valence-corrected chi connectivity index (χ3v) is 16.2. The molecule has 79 heavy (non-hydrogen) atoms. The van der Waals surface area contributed by atoms with E-state index in [1.54, 1.807) is 22.3 Å². The average molecular weight is 1050 g/mol. The lowest BCUT2D eigenvalue weighted by molar-refractivity contribution is 0.467. The molecule has 0 heterocycles. The van der Waals surface area contributed by atoms with Gasteiger partial charge >= 0.3 is 0 Å². The predicted octanol–water partition coefficient (Wildman–Crippen LogP) is 23.9. The summed E-state index contributed by atoms with van der Waals surface area (Å²) in [5.74, 6) is 1.51. The molecule has 1 fully saturated rings. The molecule has 4 atom stereocenters. The lowest BCUT2D eigenvalue weighted by Crippen LogP contribution is -2.39. The Morgan fingerprint density at radius 3 is 1.92 bits per heavy atom. The summed E-state index contributed by atoms with van der Waals surface area (Å²) in [6.45, 7) is 41.2. The SMILES string of the molecule is C/C=C\C(=C/C)CC.C=C(C)c1cccc(C2=CC=C(C3=CC=CCC3)CC2)c1.C=CC1=C(/C=C\C)c2ccc(-c3ccc(C(=C)C)cc3)cc2C12C1=C(CCC=C1)C1C3=C2CCC=C3C2C=CC=CC21.CC.CC.CC.CC. The number of benzene rings is 3. The van der Waals surface area contributed by atoms with Gasteiger partial charge in [0.05, 0.1) is 5.41 Å². The molecule has 11 rings (SSSR count). The summed E-state index contributed by atoms with van der Waals surface area (Å²) in [5, 5.41) is 0. The van der Waals surface area contributed by atoms with Crippen LogP contribution in [0.25, 0.3) is 33.4 Å². The van der Waals surface area contributed by atoms with Crippen molar-refractivity contribution in [2.24, 2.45) is 17.8 Å². The molecule has 0 aliphatic heterocycles. The topological polar surface area (TPSA) is 0 Å². The van der Waals surface area contributed by atoms with Gasteiger partial charge in [-0.2, -0.15) is 0 Å². The summed E-state index contributed by atoms with van der Waals surface area (Å²) < 4.78 is 0. The second-order valence-corrected chi connectivity index (χ2v) is 20.3. The molecule has 0 bridgehead atoms. The molecule has 0 saturated heterocycles. The Morgan fingerprint density at radius 2 is 1.32 bits per heavy atom. The van der Waals surface area contributed by atoms with E-state index in [1.807, 2.05) is 62.3 Å². The van der Waals surface area contributed by atoms with Crippen LogP contribution in [0.3, 0.4) is 0 Å². The van der Waals surface area contributed by atoms with Crippen LogP contribution in [0.15, 0.2) is 246 Å². The van der Waals surface area contributed by atoms with Crippen molar-refractivity contribution in [3.05, 3.63) is 274 Å². The third kappa shape index (κ3) is 13.3. The minimum atomic E-state index is -0.294. The van der Waals surface area contributed by atoms with Gasteiger partial charge in [-0.1, -0.05) is 268 Å². The normalized spacial score (nSPS) is 21.4. The van der Waals surface area contributed by atoms with E-state index >= 15 is 0 Å². The first-order valence-electron chi connectivity index (χ1n) is 30.6. The zero-order valence-corrected chi connectivity index (χ0v) is 51.5. The van der Waals surface area contributed by atoms with E-state index in [-0.39, 0.29) is 5.41 Å². The first-order valence-corrected chi connectivity index (χ1v) is 30.6. The second kappa shape index (κ2) is 31.1. The van der Waals surface area contributed by atoms with Crippen molar-refractivity contribution in [2.75, 3.05) is 0 Å². The van der Waals surface area contributed by atoms with Crippen molar-refractivity contribution in [1.29, 1.82) is 0 Å². The number of allylic oxidation sites excluding steroid dienone is 31. The maximum Gasteiger partial charge on any atom is 0.0679 e. The maximum atomic E-state index is 4.51. The molecule has 1 spiro atoms. The highest BCUT2D eigenvalue weighted by molar-refractivity contribution is 5.94. The van der Waals surface area contributed by atoms with Crippen LogP contribution in [-0.2, 0) is 5.41 Å².